The minimum absolute atomic E-state index is 0.121. The zero-order valence-electron chi connectivity index (χ0n) is 9.76. The van der Waals surface area contributed by atoms with Gasteiger partial charge in [0.15, 0.2) is 5.82 Å². The number of aromatic carboxylic acids is 1. The standard InChI is InChI=1S/C11H17N3O3/c1-8(7-15)3-2-5-12-10-9(11(16)17)4-6-13-14-10/h4,6,8,15H,2-3,5,7H2,1H3,(H,12,14)(H,16,17). The molecule has 3 N–H and O–H groups in total. The Morgan fingerprint density at radius 1 is 1.59 bits per heavy atom. The molecule has 0 fully saturated rings. The Bertz CT molecular complexity index is 371. The van der Waals surface area contributed by atoms with Crippen LogP contribution in [0.3, 0.4) is 0 Å². The normalized spacial score (nSPS) is 12.1. The van der Waals surface area contributed by atoms with Crippen molar-refractivity contribution in [1.82, 2.24) is 10.2 Å². The Morgan fingerprint density at radius 3 is 3.00 bits per heavy atom. The van der Waals surface area contributed by atoms with E-state index in [2.05, 4.69) is 15.5 Å². The molecule has 0 amide bonds. The first-order chi connectivity index (χ1) is 8.15. The van der Waals surface area contributed by atoms with Crippen molar-refractivity contribution in [2.24, 2.45) is 5.92 Å². The molecule has 1 aromatic heterocycles. The number of carboxylic acids is 1. The van der Waals surface area contributed by atoms with Crippen molar-refractivity contribution < 1.29 is 15.0 Å². The fourth-order valence-corrected chi connectivity index (χ4v) is 1.38. The summed E-state index contributed by atoms with van der Waals surface area (Å²) in [6.45, 7) is 2.75. The van der Waals surface area contributed by atoms with Crippen LogP contribution < -0.4 is 5.32 Å². The van der Waals surface area contributed by atoms with Crippen molar-refractivity contribution in [3.63, 3.8) is 0 Å². The van der Waals surface area contributed by atoms with Gasteiger partial charge < -0.3 is 15.5 Å². The number of aliphatic hydroxyl groups excluding tert-OH is 1. The van der Waals surface area contributed by atoms with E-state index in [0.29, 0.717) is 6.54 Å². The maximum absolute atomic E-state index is 10.9. The molecule has 0 aliphatic rings. The summed E-state index contributed by atoms with van der Waals surface area (Å²) in [7, 11) is 0. The Kier molecular flexibility index (Phi) is 5.35. The number of hydrogen-bond acceptors (Lipinski definition) is 5. The van der Waals surface area contributed by atoms with Gasteiger partial charge in [0.2, 0.25) is 0 Å². The van der Waals surface area contributed by atoms with Crippen LogP contribution in [-0.4, -0.2) is 39.5 Å². The smallest absolute Gasteiger partial charge is 0.339 e. The summed E-state index contributed by atoms with van der Waals surface area (Å²) in [5.41, 5.74) is 0.121. The first-order valence-corrected chi connectivity index (χ1v) is 5.55. The number of nitrogens with zero attached hydrogens (tertiary/aromatic N) is 2. The third-order valence-electron chi connectivity index (χ3n) is 2.43. The second-order valence-corrected chi connectivity index (χ2v) is 3.96. The molecule has 0 radical (unpaired) electrons. The van der Waals surface area contributed by atoms with Crippen molar-refractivity contribution in [2.75, 3.05) is 18.5 Å². The highest BCUT2D eigenvalue weighted by molar-refractivity contribution is 5.92. The van der Waals surface area contributed by atoms with Gasteiger partial charge in [0.1, 0.15) is 5.56 Å². The number of carbonyl (C=O) groups is 1. The quantitative estimate of drug-likeness (QED) is 0.614. The third-order valence-corrected chi connectivity index (χ3v) is 2.43. The molecular formula is C11H17N3O3. The molecule has 0 saturated heterocycles. The second-order valence-electron chi connectivity index (χ2n) is 3.96. The molecule has 0 saturated carbocycles. The van der Waals surface area contributed by atoms with Crippen LogP contribution in [0, 0.1) is 5.92 Å². The first kappa shape index (κ1) is 13.4. The zero-order valence-corrected chi connectivity index (χ0v) is 9.76. The maximum atomic E-state index is 10.9. The summed E-state index contributed by atoms with van der Waals surface area (Å²) in [6.07, 6.45) is 3.08. The molecule has 17 heavy (non-hydrogen) atoms. The topological polar surface area (TPSA) is 95.3 Å². The van der Waals surface area contributed by atoms with E-state index in [1.807, 2.05) is 6.92 Å². The molecule has 1 atom stereocenters. The van der Waals surface area contributed by atoms with Gasteiger partial charge in [0.25, 0.3) is 0 Å². The van der Waals surface area contributed by atoms with Crippen LogP contribution in [-0.2, 0) is 0 Å². The minimum atomic E-state index is -1.02. The minimum Gasteiger partial charge on any atom is -0.478 e. The first-order valence-electron chi connectivity index (χ1n) is 5.55. The second kappa shape index (κ2) is 6.80. The van der Waals surface area contributed by atoms with Gasteiger partial charge in [0.05, 0.1) is 6.20 Å². The van der Waals surface area contributed by atoms with E-state index < -0.39 is 5.97 Å². The van der Waals surface area contributed by atoms with Gasteiger partial charge in [-0.3, -0.25) is 0 Å². The van der Waals surface area contributed by atoms with Gasteiger partial charge >= 0.3 is 5.97 Å². The van der Waals surface area contributed by atoms with Crippen molar-refractivity contribution >= 4 is 11.8 Å². The van der Waals surface area contributed by atoms with Crippen molar-refractivity contribution in [3.05, 3.63) is 17.8 Å². The highest BCUT2D eigenvalue weighted by atomic mass is 16.4. The molecule has 6 nitrogen and oxygen atoms in total. The molecule has 1 aromatic rings. The van der Waals surface area contributed by atoms with E-state index in [4.69, 9.17) is 10.2 Å². The molecule has 0 aliphatic heterocycles. The zero-order chi connectivity index (χ0) is 12.7. The fourth-order valence-electron chi connectivity index (χ4n) is 1.38. The van der Waals surface area contributed by atoms with Crippen molar-refractivity contribution in [3.8, 4) is 0 Å². The van der Waals surface area contributed by atoms with Crippen LogP contribution in [0.5, 0.6) is 0 Å². The van der Waals surface area contributed by atoms with Crippen LogP contribution in [0.2, 0.25) is 0 Å². The molecule has 94 valence electrons. The van der Waals surface area contributed by atoms with Crippen LogP contribution in [0.15, 0.2) is 12.3 Å². The molecule has 0 bridgehead atoms. The Morgan fingerprint density at radius 2 is 2.35 bits per heavy atom. The number of aromatic nitrogens is 2. The molecular weight excluding hydrogens is 222 g/mol. The number of anilines is 1. The van der Waals surface area contributed by atoms with Crippen LogP contribution >= 0.6 is 0 Å². The Labute approximate surface area is 99.7 Å². The number of nitrogens with one attached hydrogen (secondary N) is 1. The van der Waals surface area contributed by atoms with Gasteiger partial charge in [-0.1, -0.05) is 6.92 Å². The SMILES string of the molecule is CC(CO)CCCNc1nnccc1C(=O)O. The highest BCUT2D eigenvalue weighted by Crippen LogP contribution is 2.11. The van der Waals surface area contributed by atoms with E-state index in [9.17, 15) is 4.79 Å². The van der Waals surface area contributed by atoms with E-state index in [1.165, 1.54) is 12.3 Å². The summed E-state index contributed by atoms with van der Waals surface area (Å²) < 4.78 is 0. The largest absolute Gasteiger partial charge is 0.478 e. The maximum Gasteiger partial charge on any atom is 0.339 e. The fraction of sp³-hybridized carbons (Fsp3) is 0.545. The van der Waals surface area contributed by atoms with E-state index in [-0.39, 0.29) is 23.9 Å². The number of hydrogen-bond donors (Lipinski definition) is 3. The van der Waals surface area contributed by atoms with E-state index in [1.54, 1.807) is 0 Å². The summed E-state index contributed by atoms with van der Waals surface area (Å²) >= 11 is 0. The highest BCUT2D eigenvalue weighted by Gasteiger charge is 2.10. The van der Waals surface area contributed by atoms with Crippen molar-refractivity contribution in [2.45, 2.75) is 19.8 Å². The predicted octanol–water partition coefficient (Wildman–Crippen LogP) is 0.995. The lowest BCUT2D eigenvalue weighted by Crippen LogP contribution is -2.11. The van der Waals surface area contributed by atoms with Gasteiger partial charge in [-0.2, -0.15) is 5.10 Å². The molecule has 0 aromatic carbocycles. The molecule has 1 unspecified atom stereocenters. The van der Waals surface area contributed by atoms with Gasteiger partial charge in [-0.25, -0.2) is 4.79 Å². The van der Waals surface area contributed by atoms with Gasteiger partial charge in [-0.15, -0.1) is 5.10 Å². The lowest BCUT2D eigenvalue weighted by atomic mass is 10.1. The van der Waals surface area contributed by atoms with E-state index >= 15 is 0 Å². The van der Waals surface area contributed by atoms with Crippen LogP contribution in [0.1, 0.15) is 30.1 Å². The monoisotopic (exact) mass is 239 g/mol. The average molecular weight is 239 g/mol. The summed E-state index contributed by atoms with van der Waals surface area (Å²) in [4.78, 5) is 10.9. The number of aliphatic hydroxyl groups is 1. The molecule has 1 rings (SSSR count). The van der Waals surface area contributed by atoms with Crippen LogP contribution in [0.25, 0.3) is 0 Å². The Hall–Kier alpha value is -1.69. The molecule has 6 heteroatoms. The number of carboxylic acid groups (broad SMARTS) is 1. The number of rotatable bonds is 7. The third kappa shape index (κ3) is 4.36. The van der Waals surface area contributed by atoms with E-state index in [0.717, 1.165) is 12.8 Å². The lowest BCUT2D eigenvalue weighted by Gasteiger charge is -2.09. The average Bonchev–Trinajstić information content (AvgIpc) is 2.34. The van der Waals surface area contributed by atoms with Crippen LogP contribution in [0.4, 0.5) is 5.82 Å². The summed E-state index contributed by atoms with van der Waals surface area (Å²) in [5.74, 6) is -0.472. The van der Waals surface area contributed by atoms with Gasteiger partial charge in [-0.05, 0) is 24.8 Å². The molecule has 0 spiro atoms. The Balaban J connectivity index is 2.44. The molecule has 0 aliphatic carbocycles. The lowest BCUT2D eigenvalue weighted by molar-refractivity contribution is 0.0697. The van der Waals surface area contributed by atoms with Crippen molar-refractivity contribution in [1.29, 1.82) is 0 Å². The molecule has 1 heterocycles. The van der Waals surface area contributed by atoms with Gasteiger partial charge in [0, 0.05) is 13.2 Å². The summed E-state index contributed by atoms with van der Waals surface area (Å²) in [6, 6.07) is 1.41. The predicted molar refractivity (Wildman–Crippen MR) is 63.0 cm³/mol. The summed E-state index contributed by atoms with van der Waals surface area (Å²) in [5, 5.41) is 28.1.